The number of ether oxygens (including phenoxy) is 2. The van der Waals surface area contributed by atoms with E-state index in [0.717, 1.165) is 19.1 Å². The van der Waals surface area contributed by atoms with Gasteiger partial charge in [0.25, 0.3) is 0 Å². The predicted molar refractivity (Wildman–Crippen MR) is 99.9 cm³/mol. The highest BCUT2D eigenvalue weighted by Gasteiger charge is 2.35. The number of benzene rings is 1. The molecule has 0 radical (unpaired) electrons. The number of likely N-dealkylation sites (N-methyl/N-ethyl adjacent to an activating group) is 1. The molecule has 1 fully saturated rings. The van der Waals surface area contributed by atoms with Crippen molar-refractivity contribution in [3.63, 3.8) is 0 Å². The minimum atomic E-state index is -3.48. The molecule has 0 saturated carbocycles. The Morgan fingerprint density at radius 2 is 2.04 bits per heavy atom. The van der Waals surface area contributed by atoms with Crippen LogP contribution in [-0.2, 0) is 21.4 Å². The summed E-state index contributed by atoms with van der Waals surface area (Å²) in [4.78, 5) is 14.3. The average Bonchev–Trinajstić information content (AvgIpc) is 2.62. The lowest BCUT2D eigenvalue weighted by molar-refractivity contribution is -0.135. The minimum absolute atomic E-state index is 0.0786. The van der Waals surface area contributed by atoms with Gasteiger partial charge in [0.15, 0.2) is 11.5 Å². The van der Waals surface area contributed by atoms with E-state index in [1.165, 1.54) is 15.3 Å². The fraction of sp³-hybridized carbons (Fsp3) is 0.611. The van der Waals surface area contributed by atoms with Gasteiger partial charge in [-0.2, -0.15) is 13.1 Å². The number of sulfonamides is 1. The van der Waals surface area contributed by atoms with Crippen LogP contribution in [0.15, 0.2) is 18.2 Å². The van der Waals surface area contributed by atoms with Crippen LogP contribution >= 0.6 is 0 Å². The van der Waals surface area contributed by atoms with Crippen molar-refractivity contribution in [2.75, 3.05) is 26.5 Å². The van der Waals surface area contributed by atoms with Crippen LogP contribution < -0.4 is 9.47 Å². The summed E-state index contributed by atoms with van der Waals surface area (Å²) in [5.74, 6) is -0.210. The van der Waals surface area contributed by atoms with Gasteiger partial charge < -0.3 is 14.4 Å². The fourth-order valence-corrected chi connectivity index (χ4v) is 4.39. The third-order valence-electron chi connectivity index (χ3n) is 4.48. The summed E-state index contributed by atoms with van der Waals surface area (Å²) in [6.07, 6.45) is 3.09. The van der Waals surface area contributed by atoms with Crippen LogP contribution in [0.4, 0.5) is 8.78 Å². The molecule has 2 rings (SSSR count). The van der Waals surface area contributed by atoms with E-state index in [0.29, 0.717) is 18.5 Å². The molecule has 158 valence electrons. The van der Waals surface area contributed by atoms with E-state index in [1.807, 2.05) is 0 Å². The first-order chi connectivity index (χ1) is 13.1. The van der Waals surface area contributed by atoms with Crippen molar-refractivity contribution < 1.29 is 31.5 Å². The molecule has 1 aliphatic rings. The number of rotatable bonds is 8. The van der Waals surface area contributed by atoms with Gasteiger partial charge in [0, 0.05) is 20.1 Å². The highest BCUT2D eigenvalue weighted by molar-refractivity contribution is 7.88. The maximum atomic E-state index is 12.8. The molecule has 1 aromatic carbocycles. The molecule has 1 aliphatic heterocycles. The number of piperidine rings is 1. The molecule has 1 aromatic rings. The number of alkyl halides is 2. The average molecular weight is 420 g/mol. The first-order valence-corrected chi connectivity index (χ1v) is 10.9. The third kappa shape index (κ3) is 5.78. The van der Waals surface area contributed by atoms with Gasteiger partial charge in [-0.3, -0.25) is 4.79 Å². The lowest BCUT2D eigenvalue weighted by Crippen LogP contribution is -2.51. The minimum Gasteiger partial charge on any atom is -0.490 e. The molecule has 1 saturated heterocycles. The summed E-state index contributed by atoms with van der Waals surface area (Å²) < 4.78 is 60.0. The Bertz CT molecular complexity index is 788. The van der Waals surface area contributed by atoms with Gasteiger partial charge in [0.2, 0.25) is 15.9 Å². The van der Waals surface area contributed by atoms with Crippen molar-refractivity contribution in [3.8, 4) is 11.5 Å². The van der Waals surface area contributed by atoms with E-state index in [4.69, 9.17) is 4.74 Å². The van der Waals surface area contributed by atoms with Crippen molar-refractivity contribution in [2.45, 2.75) is 45.4 Å². The van der Waals surface area contributed by atoms with Crippen LogP contribution in [0, 0.1) is 0 Å². The van der Waals surface area contributed by atoms with Crippen LogP contribution in [0.5, 0.6) is 11.5 Å². The Morgan fingerprint density at radius 3 is 2.64 bits per heavy atom. The summed E-state index contributed by atoms with van der Waals surface area (Å²) in [6.45, 7) is -0.470. The molecule has 0 aromatic heterocycles. The quantitative estimate of drug-likeness (QED) is 0.646. The molecule has 1 heterocycles. The second kappa shape index (κ2) is 9.51. The molecular formula is C18H26F2N2O5S. The second-order valence-corrected chi connectivity index (χ2v) is 8.61. The Labute approximate surface area is 164 Å². The second-order valence-electron chi connectivity index (χ2n) is 6.67. The highest BCUT2D eigenvalue weighted by Crippen LogP contribution is 2.30. The Morgan fingerprint density at radius 1 is 1.32 bits per heavy atom. The topological polar surface area (TPSA) is 76.2 Å². The number of nitrogens with zero attached hydrogens (tertiary/aromatic N) is 2. The number of carbonyl (C=O) groups excluding carboxylic acids is 1. The van der Waals surface area contributed by atoms with Gasteiger partial charge in [-0.1, -0.05) is 12.5 Å². The van der Waals surface area contributed by atoms with Crippen LogP contribution in [0.25, 0.3) is 0 Å². The van der Waals surface area contributed by atoms with Crippen LogP contribution in [0.2, 0.25) is 0 Å². The Hall–Kier alpha value is -1.94. The summed E-state index contributed by atoms with van der Waals surface area (Å²) in [7, 11) is -1.89. The van der Waals surface area contributed by atoms with E-state index in [9.17, 15) is 22.0 Å². The third-order valence-corrected chi connectivity index (χ3v) is 5.77. The van der Waals surface area contributed by atoms with Gasteiger partial charge >= 0.3 is 6.61 Å². The smallest absolute Gasteiger partial charge is 0.387 e. The van der Waals surface area contributed by atoms with E-state index in [-0.39, 0.29) is 30.6 Å². The number of hydrogen-bond acceptors (Lipinski definition) is 5. The zero-order valence-corrected chi connectivity index (χ0v) is 17.0. The fourth-order valence-electron chi connectivity index (χ4n) is 3.27. The molecule has 0 aliphatic carbocycles. The molecule has 10 heteroatoms. The SMILES string of the molecule is CCOc1cc(CN(C)C(=O)C2CCCCN2S(C)(=O)=O)ccc1OC(F)F. The first-order valence-electron chi connectivity index (χ1n) is 9.05. The van der Waals surface area contributed by atoms with E-state index in [1.54, 1.807) is 26.1 Å². The molecule has 1 atom stereocenters. The van der Waals surface area contributed by atoms with Crippen molar-refractivity contribution in [2.24, 2.45) is 0 Å². The van der Waals surface area contributed by atoms with Crippen molar-refractivity contribution in [1.82, 2.24) is 9.21 Å². The van der Waals surface area contributed by atoms with Crippen LogP contribution in [0.3, 0.4) is 0 Å². The monoisotopic (exact) mass is 420 g/mol. The van der Waals surface area contributed by atoms with Crippen LogP contribution in [0.1, 0.15) is 31.7 Å². The summed E-state index contributed by atoms with van der Waals surface area (Å²) in [5, 5.41) is 0. The molecule has 1 unspecified atom stereocenters. The number of hydrogen-bond donors (Lipinski definition) is 0. The van der Waals surface area contributed by atoms with Gasteiger partial charge in [-0.25, -0.2) is 8.42 Å². The maximum Gasteiger partial charge on any atom is 0.387 e. The number of halogens is 2. The molecule has 1 amide bonds. The van der Waals surface area contributed by atoms with Crippen molar-refractivity contribution >= 4 is 15.9 Å². The molecule has 28 heavy (non-hydrogen) atoms. The zero-order chi connectivity index (χ0) is 20.9. The van der Waals surface area contributed by atoms with Gasteiger partial charge in [-0.15, -0.1) is 0 Å². The summed E-state index contributed by atoms with van der Waals surface area (Å²) >= 11 is 0. The van der Waals surface area contributed by atoms with Gasteiger partial charge in [0.05, 0.1) is 12.9 Å². The standard InChI is InChI=1S/C18H26F2N2O5S/c1-4-26-16-11-13(8-9-15(16)27-18(19)20)12-21(2)17(23)14-7-5-6-10-22(14)28(3,24)25/h8-9,11,14,18H,4-7,10,12H2,1-3H3. The lowest BCUT2D eigenvalue weighted by Gasteiger charge is -2.35. The van der Waals surface area contributed by atoms with Crippen molar-refractivity contribution in [3.05, 3.63) is 23.8 Å². The largest absolute Gasteiger partial charge is 0.490 e. The van der Waals surface area contributed by atoms with Crippen LogP contribution in [-0.4, -0.2) is 62.6 Å². The Balaban J connectivity index is 2.15. The molecule has 0 bridgehead atoms. The number of amides is 1. The number of carbonyl (C=O) groups is 1. The molecule has 7 nitrogen and oxygen atoms in total. The zero-order valence-electron chi connectivity index (χ0n) is 16.2. The van der Waals surface area contributed by atoms with Gasteiger partial charge in [0.1, 0.15) is 6.04 Å². The molecular weight excluding hydrogens is 394 g/mol. The Kier molecular flexibility index (Phi) is 7.59. The summed E-state index contributed by atoms with van der Waals surface area (Å²) in [5.41, 5.74) is 0.655. The molecule has 0 spiro atoms. The summed E-state index contributed by atoms with van der Waals surface area (Å²) in [6, 6.07) is 3.76. The maximum absolute atomic E-state index is 12.8. The first kappa shape index (κ1) is 22.4. The lowest BCUT2D eigenvalue weighted by atomic mass is 10.0. The van der Waals surface area contributed by atoms with E-state index >= 15 is 0 Å². The van der Waals surface area contributed by atoms with Crippen molar-refractivity contribution in [1.29, 1.82) is 0 Å². The van der Waals surface area contributed by atoms with E-state index < -0.39 is 22.7 Å². The normalized spacial score (nSPS) is 18.1. The molecule has 0 N–H and O–H groups in total. The van der Waals surface area contributed by atoms with Gasteiger partial charge in [-0.05, 0) is 37.5 Å². The van der Waals surface area contributed by atoms with E-state index in [2.05, 4.69) is 4.74 Å². The predicted octanol–water partition coefficient (Wildman–Crippen LogP) is 2.46. The highest BCUT2D eigenvalue weighted by atomic mass is 32.2.